The SMILES string of the molecule is Cc1cccc(C(=O)NCc2noc(COc3ccccc3)n2)c1C. The first-order chi connectivity index (χ1) is 12.1. The molecule has 25 heavy (non-hydrogen) atoms. The van der Waals surface area contributed by atoms with Crippen LogP contribution in [-0.4, -0.2) is 16.0 Å². The number of nitrogens with one attached hydrogen (secondary N) is 1. The van der Waals surface area contributed by atoms with Crippen LogP contribution < -0.4 is 10.1 Å². The summed E-state index contributed by atoms with van der Waals surface area (Å²) >= 11 is 0. The van der Waals surface area contributed by atoms with Crippen molar-refractivity contribution in [3.8, 4) is 5.75 Å². The Balaban J connectivity index is 1.55. The minimum absolute atomic E-state index is 0.159. The number of nitrogens with zero attached hydrogens (tertiary/aromatic N) is 2. The lowest BCUT2D eigenvalue weighted by Gasteiger charge is -2.08. The van der Waals surface area contributed by atoms with Gasteiger partial charge >= 0.3 is 0 Å². The molecule has 0 fully saturated rings. The number of para-hydroxylation sites is 1. The first-order valence-electron chi connectivity index (χ1n) is 7.97. The molecule has 0 bridgehead atoms. The summed E-state index contributed by atoms with van der Waals surface area (Å²) in [6.45, 7) is 4.28. The predicted octanol–water partition coefficient (Wildman–Crippen LogP) is 3.20. The lowest BCUT2D eigenvalue weighted by Crippen LogP contribution is -2.24. The first-order valence-corrected chi connectivity index (χ1v) is 7.97. The monoisotopic (exact) mass is 337 g/mol. The number of hydrogen-bond acceptors (Lipinski definition) is 5. The topological polar surface area (TPSA) is 77.2 Å². The second-order valence-electron chi connectivity index (χ2n) is 5.64. The molecule has 1 aromatic heterocycles. The quantitative estimate of drug-likeness (QED) is 0.747. The fraction of sp³-hybridized carbons (Fsp3) is 0.211. The van der Waals surface area contributed by atoms with Gasteiger partial charge in [-0.1, -0.05) is 35.5 Å². The maximum Gasteiger partial charge on any atom is 0.264 e. The maximum absolute atomic E-state index is 12.3. The van der Waals surface area contributed by atoms with Crippen LogP contribution in [0.1, 0.15) is 33.2 Å². The molecule has 0 saturated heterocycles. The summed E-state index contributed by atoms with van der Waals surface area (Å²) < 4.78 is 10.7. The Kier molecular flexibility index (Phi) is 5.09. The van der Waals surface area contributed by atoms with Crippen LogP contribution in [0.5, 0.6) is 5.75 Å². The van der Waals surface area contributed by atoms with Gasteiger partial charge in [-0.2, -0.15) is 4.98 Å². The van der Waals surface area contributed by atoms with E-state index in [1.54, 1.807) is 6.07 Å². The number of ether oxygens (including phenoxy) is 1. The second kappa shape index (κ2) is 7.61. The summed E-state index contributed by atoms with van der Waals surface area (Å²) in [7, 11) is 0. The molecule has 6 heteroatoms. The van der Waals surface area contributed by atoms with Crippen LogP contribution in [-0.2, 0) is 13.2 Å². The summed E-state index contributed by atoms with van der Waals surface area (Å²) in [5.74, 6) is 1.34. The van der Waals surface area contributed by atoms with E-state index < -0.39 is 0 Å². The third kappa shape index (κ3) is 4.23. The minimum atomic E-state index is -0.159. The van der Waals surface area contributed by atoms with Crippen molar-refractivity contribution >= 4 is 5.91 Å². The highest BCUT2D eigenvalue weighted by atomic mass is 16.5. The highest BCUT2D eigenvalue weighted by Gasteiger charge is 2.12. The van der Waals surface area contributed by atoms with Gasteiger partial charge in [-0.05, 0) is 43.2 Å². The number of amides is 1. The highest BCUT2D eigenvalue weighted by molar-refractivity contribution is 5.95. The van der Waals surface area contributed by atoms with Crippen molar-refractivity contribution in [3.05, 3.63) is 76.9 Å². The maximum atomic E-state index is 12.3. The lowest BCUT2D eigenvalue weighted by atomic mass is 10.0. The average molecular weight is 337 g/mol. The molecular weight excluding hydrogens is 318 g/mol. The highest BCUT2D eigenvalue weighted by Crippen LogP contribution is 2.13. The Hall–Kier alpha value is -3.15. The average Bonchev–Trinajstić information content (AvgIpc) is 3.09. The smallest absolute Gasteiger partial charge is 0.264 e. The van der Waals surface area contributed by atoms with Gasteiger partial charge in [-0.15, -0.1) is 0 Å². The van der Waals surface area contributed by atoms with Crippen LogP contribution in [0, 0.1) is 13.8 Å². The Labute approximate surface area is 145 Å². The Morgan fingerprint density at radius 1 is 1.12 bits per heavy atom. The zero-order valence-corrected chi connectivity index (χ0v) is 14.2. The number of carbonyl (C=O) groups excluding carboxylic acids is 1. The molecule has 1 heterocycles. The van der Waals surface area contributed by atoms with Gasteiger partial charge in [-0.25, -0.2) is 0 Å². The molecule has 0 atom stereocenters. The predicted molar refractivity (Wildman–Crippen MR) is 92.2 cm³/mol. The molecule has 1 N–H and O–H groups in total. The van der Waals surface area contributed by atoms with Gasteiger partial charge in [0.25, 0.3) is 11.8 Å². The molecule has 0 aliphatic rings. The van der Waals surface area contributed by atoms with E-state index in [4.69, 9.17) is 9.26 Å². The molecule has 1 amide bonds. The molecule has 3 rings (SSSR count). The van der Waals surface area contributed by atoms with E-state index in [2.05, 4.69) is 15.5 Å². The molecule has 2 aromatic carbocycles. The van der Waals surface area contributed by atoms with E-state index in [0.717, 1.165) is 16.9 Å². The van der Waals surface area contributed by atoms with Gasteiger partial charge in [0.2, 0.25) is 0 Å². The first kappa shape index (κ1) is 16.7. The molecule has 6 nitrogen and oxygen atoms in total. The van der Waals surface area contributed by atoms with E-state index in [1.165, 1.54) is 0 Å². The number of rotatable bonds is 6. The van der Waals surface area contributed by atoms with Gasteiger partial charge in [0, 0.05) is 5.56 Å². The fourth-order valence-electron chi connectivity index (χ4n) is 2.33. The van der Waals surface area contributed by atoms with Crippen LogP contribution in [0.25, 0.3) is 0 Å². The Morgan fingerprint density at radius 3 is 2.72 bits per heavy atom. The van der Waals surface area contributed by atoms with Crippen LogP contribution in [0.3, 0.4) is 0 Å². The molecule has 0 aliphatic carbocycles. The third-order valence-corrected chi connectivity index (χ3v) is 3.87. The van der Waals surface area contributed by atoms with E-state index in [1.807, 2.05) is 56.3 Å². The summed E-state index contributed by atoms with van der Waals surface area (Å²) in [6, 6.07) is 15.0. The molecule has 3 aromatic rings. The van der Waals surface area contributed by atoms with Gasteiger partial charge in [0.1, 0.15) is 5.75 Å². The van der Waals surface area contributed by atoms with Gasteiger partial charge in [0.05, 0.1) is 6.54 Å². The number of aromatic nitrogens is 2. The molecule has 0 saturated carbocycles. The van der Waals surface area contributed by atoms with Crippen LogP contribution in [0.15, 0.2) is 53.1 Å². The van der Waals surface area contributed by atoms with Crippen LogP contribution in [0.2, 0.25) is 0 Å². The normalized spacial score (nSPS) is 10.5. The number of hydrogen-bond donors (Lipinski definition) is 1. The van der Waals surface area contributed by atoms with Crippen molar-refractivity contribution < 1.29 is 14.1 Å². The van der Waals surface area contributed by atoms with E-state index in [9.17, 15) is 4.79 Å². The lowest BCUT2D eigenvalue weighted by molar-refractivity contribution is 0.0949. The van der Waals surface area contributed by atoms with Gasteiger partial charge < -0.3 is 14.6 Å². The van der Waals surface area contributed by atoms with Crippen molar-refractivity contribution in [2.24, 2.45) is 0 Å². The summed E-state index contributed by atoms with van der Waals surface area (Å²) in [5.41, 5.74) is 2.69. The van der Waals surface area contributed by atoms with Crippen molar-refractivity contribution in [2.75, 3.05) is 0 Å². The largest absolute Gasteiger partial charge is 0.484 e. The number of carbonyl (C=O) groups is 1. The third-order valence-electron chi connectivity index (χ3n) is 3.87. The second-order valence-corrected chi connectivity index (χ2v) is 5.64. The number of benzene rings is 2. The Bertz CT molecular complexity index is 859. The van der Waals surface area contributed by atoms with Gasteiger partial charge in [-0.3, -0.25) is 4.79 Å². The zero-order valence-electron chi connectivity index (χ0n) is 14.2. The molecule has 0 aliphatic heterocycles. The molecule has 128 valence electrons. The zero-order chi connectivity index (χ0) is 17.6. The van der Waals surface area contributed by atoms with E-state index >= 15 is 0 Å². The summed E-state index contributed by atoms with van der Waals surface area (Å²) in [6.07, 6.45) is 0. The molecular formula is C19H19N3O3. The number of aryl methyl sites for hydroxylation is 1. The van der Waals surface area contributed by atoms with Crippen molar-refractivity contribution in [1.82, 2.24) is 15.5 Å². The van der Waals surface area contributed by atoms with Crippen LogP contribution >= 0.6 is 0 Å². The van der Waals surface area contributed by atoms with Crippen molar-refractivity contribution in [1.29, 1.82) is 0 Å². The van der Waals surface area contributed by atoms with Gasteiger partial charge in [0.15, 0.2) is 12.4 Å². The van der Waals surface area contributed by atoms with Crippen LogP contribution in [0.4, 0.5) is 0 Å². The van der Waals surface area contributed by atoms with E-state index in [0.29, 0.717) is 17.3 Å². The standard InChI is InChI=1S/C19H19N3O3/c1-13-7-6-10-16(14(13)2)19(23)20-11-17-21-18(25-22-17)12-24-15-8-4-3-5-9-15/h3-10H,11-12H2,1-2H3,(H,20,23). The van der Waals surface area contributed by atoms with Crippen molar-refractivity contribution in [3.63, 3.8) is 0 Å². The molecule has 0 radical (unpaired) electrons. The summed E-state index contributed by atoms with van der Waals surface area (Å²) in [4.78, 5) is 16.5. The minimum Gasteiger partial charge on any atom is -0.484 e. The molecule has 0 spiro atoms. The molecule has 0 unspecified atom stereocenters. The Morgan fingerprint density at radius 2 is 1.92 bits per heavy atom. The summed E-state index contributed by atoms with van der Waals surface area (Å²) in [5, 5.41) is 6.66. The van der Waals surface area contributed by atoms with Crippen molar-refractivity contribution in [2.45, 2.75) is 27.0 Å². The fourth-order valence-corrected chi connectivity index (χ4v) is 2.33. The van der Waals surface area contributed by atoms with E-state index in [-0.39, 0.29) is 19.1 Å².